The van der Waals surface area contributed by atoms with Crippen molar-refractivity contribution in [2.75, 3.05) is 11.4 Å². The minimum Gasteiger partial charge on any atom is -0.411 e. The Balaban J connectivity index is 1.47. The van der Waals surface area contributed by atoms with Gasteiger partial charge < -0.3 is 9.32 Å². The molecule has 0 radical (unpaired) electrons. The van der Waals surface area contributed by atoms with Crippen molar-refractivity contribution in [2.24, 2.45) is 0 Å². The number of fused-ring (bicyclic) bond motifs is 1. The molecule has 0 fully saturated rings. The van der Waals surface area contributed by atoms with Crippen molar-refractivity contribution in [1.82, 2.24) is 15.2 Å². The molecule has 6 nitrogen and oxygen atoms in total. The second kappa shape index (κ2) is 6.68. The topological polar surface area (TPSA) is 72.1 Å². The molecule has 0 bridgehead atoms. The third-order valence-electron chi connectivity index (χ3n) is 4.11. The summed E-state index contributed by atoms with van der Waals surface area (Å²) >= 11 is 1.28. The van der Waals surface area contributed by atoms with E-state index < -0.39 is 0 Å². The van der Waals surface area contributed by atoms with E-state index in [1.165, 1.54) is 17.3 Å². The Morgan fingerprint density at radius 3 is 2.84 bits per heavy atom. The van der Waals surface area contributed by atoms with E-state index in [-0.39, 0.29) is 11.2 Å². The van der Waals surface area contributed by atoms with E-state index >= 15 is 0 Å². The summed E-state index contributed by atoms with van der Waals surface area (Å²) in [5.74, 6) is 0.481. The van der Waals surface area contributed by atoms with Crippen LogP contribution in [-0.4, -0.2) is 32.9 Å². The number of aromatic nitrogens is 3. The lowest BCUT2D eigenvalue weighted by Crippen LogP contribution is -2.35. The lowest BCUT2D eigenvalue weighted by Gasteiger charge is -2.20. The molecular formula is C18H16N4O2S. The van der Waals surface area contributed by atoms with Gasteiger partial charge in [0, 0.05) is 30.2 Å². The van der Waals surface area contributed by atoms with Gasteiger partial charge in [0.2, 0.25) is 11.8 Å². The summed E-state index contributed by atoms with van der Waals surface area (Å²) in [6.07, 6.45) is 4.23. The van der Waals surface area contributed by atoms with Crippen LogP contribution in [-0.2, 0) is 11.2 Å². The van der Waals surface area contributed by atoms with Gasteiger partial charge in [0.1, 0.15) is 0 Å². The van der Waals surface area contributed by atoms with Crippen LogP contribution in [0.25, 0.3) is 11.5 Å². The van der Waals surface area contributed by atoms with Crippen molar-refractivity contribution in [2.45, 2.75) is 23.8 Å². The van der Waals surface area contributed by atoms with Crippen LogP contribution in [0.5, 0.6) is 0 Å². The summed E-state index contributed by atoms with van der Waals surface area (Å²) in [4.78, 5) is 18.6. The highest BCUT2D eigenvalue weighted by Crippen LogP contribution is 2.32. The molecule has 0 saturated carbocycles. The van der Waals surface area contributed by atoms with Crippen molar-refractivity contribution in [3.05, 3.63) is 54.4 Å². The maximum absolute atomic E-state index is 12.8. The number of anilines is 1. The molecule has 25 heavy (non-hydrogen) atoms. The summed E-state index contributed by atoms with van der Waals surface area (Å²) in [6.45, 7) is 2.58. The van der Waals surface area contributed by atoms with Crippen LogP contribution in [0.4, 0.5) is 5.69 Å². The van der Waals surface area contributed by atoms with E-state index in [0.717, 1.165) is 24.2 Å². The van der Waals surface area contributed by atoms with Gasteiger partial charge in [0.25, 0.3) is 5.22 Å². The second-order valence-electron chi connectivity index (χ2n) is 5.74. The first-order chi connectivity index (χ1) is 12.2. The zero-order chi connectivity index (χ0) is 17.2. The zero-order valence-electron chi connectivity index (χ0n) is 13.6. The van der Waals surface area contributed by atoms with Crippen molar-refractivity contribution in [1.29, 1.82) is 0 Å². The van der Waals surface area contributed by atoms with E-state index in [1.807, 2.05) is 30.0 Å². The molecule has 0 saturated heterocycles. The van der Waals surface area contributed by atoms with Crippen molar-refractivity contribution in [3.63, 3.8) is 0 Å². The molecule has 1 amide bonds. The molecule has 1 atom stereocenters. The Morgan fingerprint density at radius 1 is 1.20 bits per heavy atom. The average Bonchev–Trinajstić information content (AvgIpc) is 3.29. The fourth-order valence-corrected chi connectivity index (χ4v) is 3.60. The van der Waals surface area contributed by atoms with Crippen LogP contribution in [0.15, 0.2) is 58.4 Å². The number of hydrogen-bond donors (Lipinski definition) is 0. The molecule has 1 aliphatic heterocycles. The summed E-state index contributed by atoms with van der Waals surface area (Å²) in [7, 11) is 0. The predicted molar refractivity (Wildman–Crippen MR) is 95.3 cm³/mol. The zero-order valence-corrected chi connectivity index (χ0v) is 14.4. The molecule has 1 aromatic carbocycles. The number of benzene rings is 1. The third kappa shape index (κ3) is 3.15. The van der Waals surface area contributed by atoms with Crippen LogP contribution >= 0.6 is 11.8 Å². The summed E-state index contributed by atoms with van der Waals surface area (Å²) in [5, 5.41) is 8.16. The van der Waals surface area contributed by atoms with E-state index in [0.29, 0.717) is 11.1 Å². The van der Waals surface area contributed by atoms with Crippen LogP contribution in [0, 0.1) is 0 Å². The molecule has 3 aromatic rings. The van der Waals surface area contributed by atoms with Crippen molar-refractivity contribution >= 4 is 23.4 Å². The lowest BCUT2D eigenvalue weighted by molar-refractivity contribution is -0.117. The van der Waals surface area contributed by atoms with Gasteiger partial charge in [0.15, 0.2) is 0 Å². The van der Waals surface area contributed by atoms with Gasteiger partial charge in [-0.3, -0.25) is 9.78 Å². The Kier molecular flexibility index (Phi) is 4.23. The van der Waals surface area contributed by atoms with E-state index in [9.17, 15) is 4.79 Å². The molecule has 3 heterocycles. The van der Waals surface area contributed by atoms with Crippen LogP contribution in [0.1, 0.15) is 12.5 Å². The fourth-order valence-electron chi connectivity index (χ4n) is 2.86. The predicted octanol–water partition coefficient (Wildman–Crippen LogP) is 3.20. The maximum atomic E-state index is 12.8. The number of rotatable bonds is 4. The van der Waals surface area contributed by atoms with E-state index in [1.54, 1.807) is 24.5 Å². The monoisotopic (exact) mass is 352 g/mol. The fraction of sp³-hybridized carbons (Fsp3) is 0.222. The molecule has 126 valence electrons. The maximum Gasteiger partial charge on any atom is 0.277 e. The van der Waals surface area contributed by atoms with E-state index in [4.69, 9.17) is 4.42 Å². The van der Waals surface area contributed by atoms with Gasteiger partial charge in [-0.15, -0.1) is 10.2 Å². The number of carbonyl (C=O) groups excluding carboxylic acids is 1. The SMILES string of the molecule is C[C@H](Sc1nnc(-c2ccncc2)o1)C(=O)N1CCc2ccccc21. The normalized spacial score (nSPS) is 14.4. The van der Waals surface area contributed by atoms with Crippen LogP contribution in [0.3, 0.4) is 0 Å². The summed E-state index contributed by atoms with van der Waals surface area (Å²) in [5.41, 5.74) is 3.02. The first-order valence-corrected chi connectivity index (χ1v) is 8.90. The number of para-hydroxylation sites is 1. The quantitative estimate of drug-likeness (QED) is 0.672. The molecule has 0 aliphatic carbocycles. The number of amides is 1. The number of pyridine rings is 1. The lowest BCUT2D eigenvalue weighted by atomic mass is 10.2. The smallest absolute Gasteiger partial charge is 0.277 e. The van der Waals surface area contributed by atoms with E-state index in [2.05, 4.69) is 21.2 Å². The van der Waals surface area contributed by atoms with Gasteiger partial charge >= 0.3 is 0 Å². The van der Waals surface area contributed by atoms with Crippen molar-refractivity contribution in [3.8, 4) is 11.5 Å². The Labute approximate surface area is 149 Å². The molecule has 2 aromatic heterocycles. The minimum absolute atomic E-state index is 0.0543. The Morgan fingerprint density at radius 2 is 2.00 bits per heavy atom. The standard InChI is InChI=1S/C18H16N4O2S/c1-12(17(23)22-11-8-13-4-2-3-5-15(13)22)25-18-21-20-16(24-18)14-6-9-19-10-7-14/h2-7,9-10,12H,8,11H2,1H3/t12-/m0/s1. The molecule has 0 unspecified atom stereocenters. The molecule has 4 rings (SSSR count). The van der Waals surface area contributed by atoms with Gasteiger partial charge in [-0.2, -0.15) is 0 Å². The number of nitrogens with zero attached hydrogens (tertiary/aromatic N) is 4. The Hall–Kier alpha value is -2.67. The highest BCUT2D eigenvalue weighted by Gasteiger charge is 2.29. The molecule has 1 aliphatic rings. The minimum atomic E-state index is -0.308. The molecule has 0 N–H and O–H groups in total. The highest BCUT2D eigenvalue weighted by molar-refractivity contribution is 8.00. The van der Waals surface area contributed by atoms with Gasteiger partial charge in [-0.1, -0.05) is 30.0 Å². The molecule has 7 heteroatoms. The largest absolute Gasteiger partial charge is 0.411 e. The van der Waals surface area contributed by atoms with Crippen LogP contribution in [0.2, 0.25) is 0 Å². The Bertz CT molecular complexity index is 897. The number of hydrogen-bond acceptors (Lipinski definition) is 6. The third-order valence-corrected chi connectivity index (χ3v) is 5.03. The summed E-state index contributed by atoms with van der Waals surface area (Å²) in [6, 6.07) is 11.6. The van der Waals surface area contributed by atoms with Gasteiger partial charge in [0.05, 0.1) is 5.25 Å². The highest BCUT2D eigenvalue weighted by atomic mass is 32.2. The van der Waals surface area contributed by atoms with Crippen LogP contribution < -0.4 is 4.90 Å². The number of carbonyl (C=O) groups is 1. The first-order valence-electron chi connectivity index (χ1n) is 8.02. The first kappa shape index (κ1) is 15.8. The van der Waals surface area contributed by atoms with Gasteiger partial charge in [-0.25, -0.2) is 0 Å². The second-order valence-corrected chi connectivity index (χ2v) is 7.03. The van der Waals surface area contributed by atoms with Crippen molar-refractivity contribution < 1.29 is 9.21 Å². The number of thioether (sulfide) groups is 1. The molecular weight excluding hydrogens is 336 g/mol. The van der Waals surface area contributed by atoms with Gasteiger partial charge in [-0.05, 0) is 37.1 Å². The summed E-state index contributed by atoms with van der Waals surface area (Å²) < 4.78 is 5.66. The average molecular weight is 352 g/mol. The molecule has 0 spiro atoms.